The van der Waals surface area contributed by atoms with Crippen LogP contribution in [-0.4, -0.2) is 33.6 Å². The van der Waals surface area contributed by atoms with Crippen molar-refractivity contribution in [1.29, 1.82) is 0 Å². The van der Waals surface area contributed by atoms with E-state index < -0.39 is 22.1 Å². The highest BCUT2D eigenvalue weighted by atomic mass is 35.5. The SMILES string of the molecule is COC(=O)c1cccnc1Sc1ccc(Cl)c(Cl)c1/C=N/[S+]([O-])C(C)(C)C. The number of carbonyl (C=O) groups excluding carboxylic acids is 1. The first kappa shape index (κ1) is 22.0. The lowest BCUT2D eigenvalue weighted by atomic mass is 10.2. The van der Waals surface area contributed by atoms with Crippen LogP contribution in [0.5, 0.6) is 0 Å². The number of esters is 1. The molecular weight excluding hydrogens is 427 g/mol. The molecule has 1 aromatic carbocycles. The normalized spacial score (nSPS) is 13.0. The predicted molar refractivity (Wildman–Crippen MR) is 112 cm³/mol. The van der Waals surface area contributed by atoms with E-state index in [0.29, 0.717) is 26.1 Å². The van der Waals surface area contributed by atoms with Crippen LogP contribution in [0.4, 0.5) is 0 Å². The average molecular weight is 445 g/mol. The van der Waals surface area contributed by atoms with Crippen molar-refractivity contribution in [2.24, 2.45) is 4.40 Å². The van der Waals surface area contributed by atoms with E-state index in [0.717, 1.165) is 0 Å². The van der Waals surface area contributed by atoms with Crippen LogP contribution in [0.25, 0.3) is 0 Å². The monoisotopic (exact) mass is 444 g/mol. The van der Waals surface area contributed by atoms with Crippen LogP contribution >= 0.6 is 35.0 Å². The molecule has 0 bridgehead atoms. The molecule has 27 heavy (non-hydrogen) atoms. The second-order valence-electron chi connectivity index (χ2n) is 6.32. The fraction of sp³-hybridized carbons (Fsp3) is 0.278. The maximum Gasteiger partial charge on any atom is 0.340 e. The summed E-state index contributed by atoms with van der Waals surface area (Å²) in [5.74, 6) is -0.491. The minimum atomic E-state index is -1.45. The lowest BCUT2D eigenvalue weighted by Crippen LogP contribution is -2.25. The molecule has 9 heteroatoms. The van der Waals surface area contributed by atoms with Crippen LogP contribution in [0.15, 0.2) is 44.8 Å². The molecule has 1 atom stereocenters. The van der Waals surface area contributed by atoms with Gasteiger partial charge in [0.05, 0.1) is 28.9 Å². The molecule has 5 nitrogen and oxygen atoms in total. The Bertz CT molecular complexity index is 870. The van der Waals surface area contributed by atoms with Crippen LogP contribution in [0.3, 0.4) is 0 Å². The Morgan fingerprint density at radius 3 is 2.67 bits per heavy atom. The molecule has 1 aromatic heterocycles. The maximum atomic E-state index is 12.2. The van der Waals surface area contributed by atoms with Crippen molar-refractivity contribution < 1.29 is 14.1 Å². The van der Waals surface area contributed by atoms with Gasteiger partial charge in [-0.3, -0.25) is 0 Å². The van der Waals surface area contributed by atoms with E-state index in [2.05, 4.69) is 9.38 Å². The first-order valence-electron chi connectivity index (χ1n) is 7.80. The molecule has 0 aliphatic heterocycles. The van der Waals surface area contributed by atoms with Crippen LogP contribution in [0, 0.1) is 0 Å². The highest BCUT2D eigenvalue weighted by molar-refractivity contribution is 7.99. The van der Waals surface area contributed by atoms with E-state index in [1.807, 2.05) is 20.8 Å². The number of aromatic nitrogens is 1. The highest BCUT2D eigenvalue weighted by Crippen LogP contribution is 2.37. The van der Waals surface area contributed by atoms with Gasteiger partial charge in [-0.25, -0.2) is 9.78 Å². The zero-order chi connectivity index (χ0) is 20.2. The van der Waals surface area contributed by atoms with Gasteiger partial charge >= 0.3 is 5.97 Å². The van der Waals surface area contributed by atoms with E-state index in [1.165, 1.54) is 25.1 Å². The van der Waals surface area contributed by atoms with Gasteiger partial charge in [0.15, 0.2) is 0 Å². The number of hydrogen-bond acceptors (Lipinski definition) is 6. The molecule has 0 aliphatic carbocycles. The summed E-state index contributed by atoms with van der Waals surface area (Å²) in [6.45, 7) is 5.48. The van der Waals surface area contributed by atoms with Gasteiger partial charge in [-0.2, -0.15) is 0 Å². The van der Waals surface area contributed by atoms with Gasteiger partial charge in [-0.05, 0) is 45.0 Å². The molecule has 2 aromatic rings. The van der Waals surface area contributed by atoms with Crippen molar-refractivity contribution in [3.63, 3.8) is 0 Å². The molecule has 0 saturated carbocycles. The van der Waals surface area contributed by atoms with Crippen LogP contribution < -0.4 is 0 Å². The van der Waals surface area contributed by atoms with Crippen LogP contribution in [-0.2, 0) is 16.1 Å². The third-order valence-corrected chi connectivity index (χ3v) is 6.54. The summed E-state index contributed by atoms with van der Waals surface area (Å²) in [4.78, 5) is 16.9. The minimum Gasteiger partial charge on any atom is -0.591 e. The summed E-state index contributed by atoms with van der Waals surface area (Å²) in [6, 6.07) is 6.67. The molecule has 0 fully saturated rings. The second kappa shape index (κ2) is 9.30. The largest absolute Gasteiger partial charge is 0.591 e. The number of hydrogen-bond donors (Lipinski definition) is 0. The van der Waals surface area contributed by atoms with Crippen LogP contribution in [0.1, 0.15) is 36.7 Å². The van der Waals surface area contributed by atoms with Gasteiger partial charge in [0.2, 0.25) is 0 Å². The minimum absolute atomic E-state index is 0.284. The summed E-state index contributed by atoms with van der Waals surface area (Å²) in [5, 5.41) is 1.08. The summed E-state index contributed by atoms with van der Waals surface area (Å²) in [7, 11) is 1.31. The van der Waals surface area contributed by atoms with Crippen molar-refractivity contribution in [2.75, 3.05) is 7.11 Å². The van der Waals surface area contributed by atoms with Gasteiger partial charge in [0, 0.05) is 16.7 Å². The van der Waals surface area contributed by atoms with Crippen molar-refractivity contribution >= 4 is 58.5 Å². The quantitative estimate of drug-likeness (QED) is 0.359. The Labute approximate surface area is 175 Å². The molecule has 2 rings (SSSR count). The van der Waals surface area contributed by atoms with E-state index in [4.69, 9.17) is 27.9 Å². The number of ether oxygens (including phenoxy) is 1. The lowest BCUT2D eigenvalue weighted by Gasteiger charge is -2.18. The molecule has 0 amide bonds. The van der Waals surface area contributed by atoms with Gasteiger partial charge in [-0.15, -0.1) is 0 Å². The molecule has 0 aliphatic rings. The Morgan fingerprint density at radius 2 is 2.04 bits per heavy atom. The summed E-state index contributed by atoms with van der Waals surface area (Å²) in [6.07, 6.45) is 3.02. The summed E-state index contributed by atoms with van der Waals surface area (Å²) < 4.78 is 20.7. The Hall–Kier alpha value is -1.25. The highest BCUT2D eigenvalue weighted by Gasteiger charge is 2.26. The molecule has 144 valence electrons. The van der Waals surface area contributed by atoms with Crippen molar-refractivity contribution in [1.82, 2.24) is 4.98 Å². The van der Waals surface area contributed by atoms with E-state index >= 15 is 0 Å². The van der Waals surface area contributed by atoms with Crippen molar-refractivity contribution in [3.05, 3.63) is 51.6 Å². The smallest absolute Gasteiger partial charge is 0.340 e. The number of rotatable bonds is 5. The zero-order valence-corrected chi connectivity index (χ0v) is 18.3. The van der Waals surface area contributed by atoms with Crippen LogP contribution in [0.2, 0.25) is 10.0 Å². The number of nitrogens with zero attached hydrogens (tertiary/aromatic N) is 2. The first-order chi connectivity index (χ1) is 12.6. The fourth-order valence-electron chi connectivity index (χ4n) is 1.86. The number of pyridine rings is 1. The molecule has 0 spiro atoms. The lowest BCUT2D eigenvalue weighted by molar-refractivity contribution is 0.0596. The topological polar surface area (TPSA) is 74.6 Å². The summed E-state index contributed by atoms with van der Waals surface area (Å²) >= 11 is 12.2. The van der Waals surface area contributed by atoms with Crippen molar-refractivity contribution in [3.8, 4) is 0 Å². The van der Waals surface area contributed by atoms with Gasteiger partial charge < -0.3 is 9.29 Å². The van der Waals surface area contributed by atoms with Gasteiger partial charge in [0.25, 0.3) is 0 Å². The third kappa shape index (κ3) is 5.62. The van der Waals surface area contributed by atoms with Gasteiger partial charge in [-0.1, -0.05) is 39.4 Å². The third-order valence-electron chi connectivity index (χ3n) is 3.28. The fourth-order valence-corrected chi connectivity index (χ4v) is 3.79. The predicted octanol–water partition coefficient (Wildman–Crippen LogP) is 5.21. The Morgan fingerprint density at radius 1 is 1.33 bits per heavy atom. The summed E-state index contributed by atoms with van der Waals surface area (Å²) in [5.41, 5.74) is 0.838. The molecule has 1 unspecified atom stereocenters. The Kier molecular flexibility index (Phi) is 7.59. The molecule has 1 heterocycles. The number of benzene rings is 1. The number of methoxy groups -OCH3 is 1. The molecule has 0 radical (unpaired) electrons. The van der Waals surface area contributed by atoms with E-state index in [-0.39, 0.29) is 5.02 Å². The van der Waals surface area contributed by atoms with E-state index in [9.17, 15) is 9.35 Å². The number of carbonyl (C=O) groups is 1. The first-order valence-corrected chi connectivity index (χ1v) is 10.5. The maximum absolute atomic E-state index is 12.2. The van der Waals surface area contributed by atoms with Crippen molar-refractivity contribution in [2.45, 2.75) is 35.4 Å². The molecule has 0 N–H and O–H groups in total. The van der Waals surface area contributed by atoms with E-state index in [1.54, 1.807) is 30.5 Å². The average Bonchev–Trinajstić information content (AvgIpc) is 2.63. The Balaban J connectivity index is 2.46. The standard InChI is InChI=1S/C18H18Cl2N2O3S2/c1-18(2,3)27(24)22-10-12-14(8-7-13(19)15(12)20)26-16-11(17(23)25-4)6-5-9-21-16/h5-10H,1-4H3/b22-10+. The molecular formula is C18H18Cl2N2O3S2. The van der Waals surface area contributed by atoms with Gasteiger partial charge in [0.1, 0.15) is 21.1 Å². The number of halogens is 2. The molecule has 0 saturated heterocycles. The zero-order valence-electron chi connectivity index (χ0n) is 15.2. The second-order valence-corrected chi connectivity index (χ2v) is 10.1.